The van der Waals surface area contributed by atoms with Crippen molar-refractivity contribution in [3.05, 3.63) is 199 Å². The first-order chi connectivity index (χ1) is 59.5. The van der Waals surface area contributed by atoms with Gasteiger partial charge < -0.3 is 43.8 Å². The Hall–Kier alpha value is -3.62. The van der Waals surface area contributed by atoms with Gasteiger partial charge in [0.15, 0.2) is 0 Å². The van der Waals surface area contributed by atoms with Crippen molar-refractivity contribution in [1.29, 1.82) is 0 Å². The largest absolute Gasteiger partial charge is 0.379 e. The number of benzene rings is 6. The molecular weight excluding hydrogens is 1610 g/mol. The molecule has 14 nitrogen and oxygen atoms in total. The van der Waals surface area contributed by atoms with Crippen LogP contribution in [0.1, 0.15) is 119 Å². The van der Waals surface area contributed by atoms with Crippen LogP contribution in [-0.4, -0.2) is 341 Å². The highest BCUT2D eigenvalue weighted by Crippen LogP contribution is 2.21. The van der Waals surface area contributed by atoms with Gasteiger partial charge in [-0.2, -0.15) is 70.6 Å². The van der Waals surface area contributed by atoms with Gasteiger partial charge in [0, 0.05) is 109 Å². The van der Waals surface area contributed by atoms with Crippen LogP contribution in [0.2, 0.25) is 0 Å². The number of hydrogen-bond donors (Lipinski definition) is 0. The molecule has 682 valence electrons. The Balaban J connectivity index is 0.000000259. The summed E-state index contributed by atoms with van der Waals surface area (Å²) in [5.41, 5.74) is 8.41. The van der Waals surface area contributed by atoms with Gasteiger partial charge in [0.1, 0.15) is 0 Å². The summed E-state index contributed by atoms with van der Waals surface area (Å²) in [4.78, 5) is 30.3. The second-order valence-corrected chi connectivity index (χ2v) is 39.0. The third kappa shape index (κ3) is 56.3. The average Bonchev–Trinajstić information content (AvgIpc) is 1.06. The van der Waals surface area contributed by atoms with Crippen molar-refractivity contribution in [3.63, 3.8) is 0 Å². The quantitative estimate of drug-likeness (QED) is 0.0340. The highest BCUT2D eigenvalue weighted by Gasteiger charge is 2.18. The van der Waals surface area contributed by atoms with Gasteiger partial charge in [-0.15, -0.1) is 0 Å². The number of likely N-dealkylation sites (tertiary alicyclic amines) is 2. The van der Waals surface area contributed by atoms with Crippen LogP contribution in [-0.2, 0) is 29.1 Å². The Bertz CT molecular complexity index is 3170. The van der Waals surface area contributed by atoms with Crippen molar-refractivity contribution in [2.75, 3.05) is 312 Å². The van der Waals surface area contributed by atoms with Crippen molar-refractivity contribution >= 4 is 87.6 Å². The van der Waals surface area contributed by atoms with Gasteiger partial charge in [-0.1, -0.05) is 146 Å². The van der Waals surface area contributed by atoms with E-state index in [1.807, 2.05) is 70.6 Å². The van der Waals surface area contributed by atoms with Crippen LogP contribution >= 0.6 is 70.6 Å². The molecule has 20 heteroatoms. The molecule has 0 saturated carbocycles. The molecule has 0 atom stereocenters. The van der Waals surface area contributed by atoms with Crippen LogP contribution in [0.3, 0.4) is 0 Å². The van der Waals surface area contributed by atoms with E-state index in [4.69, 9.17) is 9.47 Å². The van der Waals surface area contributed by atoms with Crippen LogP contribution in [0.5, 0.6) is 0 Å². The van der Waals surface area contributed by atoms with Crippen molar-refractivity contribution in [3.8, 4) is 0 Å². The van der Waals surface area contributed by atoms with Crippen LogP contribution in [0, 0.1) is 0 Å². The minimum absolute atomic E-state index is 0.899. The van der Waals surface area contributed by atoms with E-state index >= 15 is 0 Å². The maximum atomic E-state index is 5.42. The van der Waals surface area contributed by atoms with Crippen LogP contribution in [0.4, 0.5) is 17.1 Å². The summed E-state index contributed by atoms with van der Waals surface area (Å²) in [6.07, 6.45) is 34.0. The minimum atomic E-state index is 0.899. The molecule has 0 spiro atoms. The average molecular weight is 1780 g/mol. The molecule has 4 aliphatic rings. The van der Waals surface area contributed by atoms with Crippen LogP contribution < -0.4 is 14.7 Å². The van der Waals surface area contributed by atoms with Crippen molar-refractivity contribution < 1.29 is 9.47 Å². The fourth-order valence-electron chi connectivity index (χ4n) is 15.7. The lowest BCUT2D eigenvalue weighted by Crippen LogP contribution is -2.38. The number of morpholine rings is 2. The first-order valence-corrected chi connectivity index (χ1v) is 54.9. The normalized spacial score (nSPS) is 14.5. The van der Waals surface area contributed by atoms with Crippen molar-refractivity contribution in [2.24, 2.45) is 0 Å². The van der Waals surface area contributed by atoms with Crippen LogP contribution in [0.25, 0.3) is 0 Å². The van der Waals surface area contributed by atoms with E-state index in [1.54, 1.807) is 0 Å². The van der Waals surface area contributed by atoms with Gasteiger partial charge >= 0.3 is 0 Å². The topological polar surface area (TPSA) is 57.3 Å². The van der Waals surface area contributed by atoms with Crippen molar-refractivity contribution in [2.45, 2.75) is 122 Å². The number of thioether (sulfide) groups is 6. The van der Waals surface area contributed by atoms with Crippen LogP contribution in [0.15, 0.2) is 182 Å². The molecule has 0 unspecified atom stereocenters. The molecule has 4 fully saturated rings. The summed E-state index contributed by atoms with van der Waals surface area (Å²) < 4.78 is 10.8. The molecule has 4 heterocycles. The highest BCUT2D eigenvalue weighted by molar-refractivity contribution is 7.99. The standard InChI is InChI=1S/C18H30N2OS.C18H30N2S.C17H28N2OS.C17H28N2S.C16H28N2S.C15H26N2S/c1-22-16-6-11-20(17-18-7-3-2-4-8-18)10-5-9-19-12-14-21-15-13-19;1-21-16-8-15-20(17-18-9-3-2-4-10-18)14-7-13-19-11-5-6-12-19;1-21-16-6-11-19(17-7-3-2-4-8-17)10-5-9-18-12-14-20-15-13-18;1-20-16-8-15-19(17-9-3-2-4-10-17)14-7-13-18-11-5-6-12-18;1-17(2)11-7-12-18(13-8-14-19-3)15-16-9-5-4-6-10-16;1-16(2)11-7-12-17(13-8-14-18-3)15-9-5-4-6-10-15/h2-4,7-8H,5-6,9-17H2,1H3;2-4,9-10H,5-8,11-17H2,1H3;2-4,7-8H,5-6,9-16H2,1H3;2-4,9-10H,5-8,11-16H2,1H3;4-6,9-10H,7-8,11-15H2,1-3H3;4-6,9-10H,7-8,11-14H2,1-3H3. The van der Waals surface area contributed by atoms with Gasteiger partial charge in [0.25, 0.3) is 0 Å². The molecule has 6 aromatic rings. The summed E-state index contributed by atoms with van der Waals surface area (Å²) >= 11 is 11.7. The molecule has 0 amide bonds. The Kier molecular flexibility index (Phi) is 67.2. The SMILES string of the molecule is CSCCCN(CCCN(C)C)Cc1ccccc1.CSCCCN(CCCN(C)C)c1ccccc1.CSCCCN(CCCN1CCCC1)Cc1ccccc1.CSCCCN(CCCN1CCCC1)c1ccccc1.CSCCCN(CCCN1CCOCC1)Cc1ccccc1.CSCCCN(CCCN1CCOCC1)c1ccccc1. The molecule has 0 radical (unpaired) electrons. The second-order valence-electron chi connectivity index (χ2n) is 33.1. The Morgan fingerprint density at radius 2 is 0.446 bits per heavy atom. The first kappa shape index (κ1) is 108. The second kappa shape index (κ2) is 75.4. The zero-order chi connectivity index (χ0) is 86.2. The number of para-hydroxylation sites is 3. The summed E-state index contributed by atoms with van der Waals surface area (Å²) in [6, 6.07) is 65.1. The van der Waals surface area contributed by atoms with Gasteiger partial charge in [-0.05, 0) is 354 Å². The molecular formula is C101H170N12O2S6. The van der Waals surface area contributed by atoms with Gasteiger partial charge in [0.05, 0.1) is 26.4 Å². The molecule has 4 saturated heterocycles. The molecule has 0 bridgehead atoms. The number of ether oxygens (including phenoxy) is 2. The van der Waals surface area contributed by atoms with E-state index in [2.05, 4.69) is 307 Å². The summed E-state index contributed by atoms with van der Waals surface area (Å²) in [5.74, 6) is 7.55. The molecule has 0 aromatic heterocycles. The first-order valence-electron chi connectivity index (χ1n) is 46.5. The molecule has 10 rings (SSSR count). The van der Waals surface area contributed by atoms with E-state index in [1.165, 1.54) is 282 Å². The van der Waals surface area contributed by atoms with Gasteiger partial charge in [-0.25, -0.2) is 0 Å². The molecule has 121 heavy (non-hydrogen) atoms. The highest BCUT2D eigenvalue weighted by atomic mass is 32.2. The summed E-state index contributed by atoms with van der Waals surface area (Å²) in [6.45, 7) is 38.1. The molecule has 4 aliphatic heterocycles. The number of nitrogens with zero attached hydrogens (tertiary/aromatic N) is 12. The Labute approximate surface area is 768 Å². The number of anilines is 3. The smallest absolute Gasteiger partial charge is 0.0594 e. The van der Waals surface area contributed by atoms with E-state index in [9.17, 15) is 0 Å². The van der Waals surface area contributed by atoms with Gasteiger partial charge in [0.2, 0.25) is 0 Å². The predicted molar refractivity (Wildman–Crippen MR) is 550 cm³/mol. The van der Waals surface area contributed by atoms with E-state index in [0.29, 0.717) is 0 Å². The fourth-order valence-corrected chi connectivity index (χ4v) is 18.2. The third-order valence-electron chi connectivity index (χ3n) is 22.3. The Morgan fingerprint density at radius 3 is 0.711 bits per heavy atom. The fraction of sp³-hybridized carbons (Fsp3) is 0.644. The number of rotatable bonds is 57. The molecule has 0 aliphatic carbocycles. The predicted octanol–water partition coefficient (Wildman–Crippen LogP) is 19.8. The monoisotopic (exact) mass is 1780 g/mol. The van der Waals surface area contributed by atoms with E-state index < -0.39 is 0 Å². The zero-order valence-corrected chi connectivity index (χ0v) is 82.7. The third-order valence-corrected chi connectivity index (χ3v) is 26.5. The summed E-state index contributed by atoms with van der Waals surface area (Å²) in [5, 5.41) is 0. The zero-order valence-electron chi connectivity index (χ0n) is 77.8. The van der Waals surface area contributed by atoms with E-state index in [0.717, 1.165) is 105 Å². The van der Waals surface area contributed by atoms with Crippen molar-refractivity contribution in [1.82, 2.24) is 44.1 Å². The molecule has 6 aromatic carbocycles. The lowest BCUT2D eigenvalue weighted by molar-refractivity contribution is 0.0360. The lowest BCUT2D eigenvalue weighted by atomic mass is 10.2. The maximum Gasteiger partial charge on any atom is 0.0594 e. The van der Waals surface area contributed by atoms with Gasteiger partial charge in [-0.3, -0.25) is 24.5 Å². The number of hydrogen-bond acceptors (Lipinski definition) is 20. The summed E-state index contributed by atoms with van der Waals surface area (Å²) in [7, 11) is 8.58. The minimum Gasteiger partial charge on any atom is -0.379 e. The molecule has 0 N–H and O–H groups in total. The van der Waals surface area contributed by atoms with E-state index in [-0.39, 0.29) is 0 Å². The maximum absolute atomic E-state index is 5.42. The lowest BCUT2D eigenvalue weighted by Gasteiger charge is -2.29. The Morgan fingerprint density at radius 1 is 0.240 bits per heavy atom.